The zero-order valence-corrected chi connectivity index (χ0v) is 12.1. The summed E-state index contributed by atoms with van der Waals surface area (Å²) in [5.41, 5.74) is 6.27. The van der Waals surface area contributed by atoms with Gasteiger partial charge in [0.25, 0.3) is 0 Å². The van der Waals surface area contributed by atoms with Crippen LogP contribution < -0.4 is 11.1 Å². The largest absolute Gasteiger partial charge is 0.480 e. The summed E-state index contributed by atoms with van der Waals surface area (Å²) >= 11 is 0. The third-order valence-corrected chi connectivity index (χ3v) is 3.11. The zero-order valence-electron chi connectivity index (χ0n) is 12.1. The summed E-state index contributed by atoms with van der Waals surface area (Å²) < 4.78 is 0. The molecule has 0 aliphatic carbocycles. The van der Waals surface area contributed by atoms with Crippen LogP contribution in [0.2, 0.25) is 0 Å². The van der Waals surface area contributed by atoms with Gasteiger partial charge in [0.05, 0.1) is 6.04 Å². The van der Waals surface area contributed by atoms with Gasteiger partial charge < -0.3 is 16.2 Å². The highest BCUT2D eigenvalue weighted by atomic mass is 16.4. The van der Waals surface area contributed by atoms with Gasteiger partial charge in [-0.2, -0.15) is 0 Å². The number of hydrogen-bond donors (Lipinski definition) is 3. The topological polar surface area (TPSA) is 92.4 Å². The Balaban J connectivity index is 2.74. The van der Waals surface area contributed by atoms with Crippen LogP contribution in [0.4, 0.5) is 0 Å². The van der Waals surface area contributed by atoms with Gasteiger partial charge in [0.2, 0.25) is 5.91 Å². The van der Waals surface area contributed by atoms with Crippen molar-refractivity contribution in [3.05, 3.63) is 35.9 Å². The molecule has 0 saturated carbocycles. The summed E-state index contributed by atoms with van der Waals surface area (Å²) in [6, 6.07) is 7.44. The minimum absolute atomic E-state index is 0.235. The van der Waals surface area contributed by atoms with E-state index < -0.39 is 29.4 Å². The third kappa shape index (κ3) is 4.66. The van der Waals surface area contributed by atoms with Crippen molar-refractivity contribution in [1.29, 1.82) is 0 Å². The lowest BCUT2D eigenvalue weighted by Gasteiger charge is -2.27. The predicted molar refractivity (Wildman–Crippen MR) is 77.1 cm³/mol. The van der Waals surface area contributed by atoms with Crippen molar-refractivity contribution in [2.24, 2.45) is 11.1 Å². The Bertz CT molecular complexity index is 466. The lowest BCUT2D eigenvalue weighted by Crippen LogP contribution is -2.53. The molecule has 0 radical (unpaired) electrons. The zero-order chi connectivity index (χ0) is 15.3. The Morgan fingerprint density at radius 2 is 1.80 bits per heavy atom. The maximum atomic E-state index is 12.0. The number of benzene rings is 1. The fourth-order valence-electron chi connectivity index (χ4n) is 1.70. The molecule has 0 saturated heterocycles. The van der Waals surface area contributed by atoms with Crippen LogP contribution in [0.15, 0.2) is 30.3 Å². The first-order valence-electron chi connectivity index (χ1n) is 6.54. The van der Waals surface area contributed by atoms with Crippen molar-refractivity contribution >= 4 is 11.9 Å². The Morgan fingerprint density at radius 1 is 1.25 bits per heavy atom. The van der Waals surface area contributed by atoms with E-state index in [4.69, 9.17) is 5.73 Å². The lowest BCUT2D eigenvalue weighted by molar-refractivity contribution is -0.142. The van der Waals surface area contributed by atoms with Gasteiger partial charge in [0.15, 0.2) is 0 Å². The molecule has 1 aromatic rings. The third-order valence-electron chi connectivity index (χ3n) is 3.11. The molecule has 0 spiro atoms. The molecule has 0 aliphatic heterocycles. The van der Waals surface area contributed by atoms with Gasteiger partial charge in [-0.3, -0.25) is 4.79 Å². The molecule has 0 bridgehead atoms. The summed E-state index contributed by atoms with van der Waals surface area (Å²) in [6.07, 6.45) is 0.235. The monoisotopic (exact) mass is 278 g/mol. The van der Waals surface area contributed by atoms with Crippen molar-refractivity contribution in [3.8, 4) is 0 Å². The van der Waals surface area contributed by atoms with Gasteiger partial charge in [-0.15, -0.1) is 0 Å². The van der Waals surface area contributed by atoms with Crippen LogP contribution in [0.25, 0.3) is 0 Å². The fourth-order valence-corrected chi connectivity index (χ4v) is 1.70. The van der Waals surface area contributed by atoms with Gasteiger partial charge in [0, 0.05) is 6.42 Å². The van der Waals surface area contributed by atoms with E-state index in [1.807, 2.05) is 51.1 Å². The normalized spacial score (nSPS) is 14.4. The minimum atomic E-state index is -1.07. The lowest BCUT2D eigenvalue weighted by atomic mass is 9.86. The molecule has 0 aliphatic rings. The Morgan fingerprint density at radius 3 is 2.25 bits per heavy atom. The summed E-state index contributed by atoms with van der Waals surface area (Å²) in [4.78, 5) is 23.3. The van der Waals surface area contributed by atoms with E-state index in [9.17, 15) is 14.7 Å². The predicted octanol–water partition coefficient (Wildman–Crippen LogP) is 1.17. The number of rotatable bonds is 5. The van der Waals surface area contributed by atoms with Crippen LogP contribution in [0.3, 0.4) is 0 Å². The van der Waals surface area contributed by atoms with Gasteiger partial charge in [-0.25, -0.2) is 4.79 Å². The van der Waals surface area contributed by atoms with Crippen molar-refractivity contribution < 1.29 is 14.7 Å². The highest BCUT2D eigenvalue weighted by Gasteiger charge is 2.30. The van der Waals surface area contributed by atoms with E-state index in [0.717, 1.165) is 5.56 Å². The molecule has 110 valence electrons. The van der Waals surface area contributed by atoms with Crippen LogP contribution in [-0.4, -0.2) is 29.1 Å². The molecule has 5 heteroatoms. The van der Waals surface area contributed by atoms with E-state index >= 15 is 0 Å². The van der Waals surface area contributed by atoms with E-state index in [-0.39, 0.29) is 6.42 Å². The van der Waals surface area contributed by atoms with Gasteiger partial charge in [0.1, 0.15) is 6.04 Å². The smallest absolute Gasteiger partial charge is 0.326 e. The van der Waals surface area contributed by atoms with Crippen LogP contribution in [0.5, 0.6) is 0 Å². The summed E-state index contributed by atoms with van der Waals surface area (Å²) in [5.74, 6) is -1.51. The molecule has 20 heavy (non-hydrogen) atoms. The Kier molecular flexibility index (Phi) is 5.27. The van der Waals surface area contributed by atoms with Crippen molar-refractivity contribution in [1.82, 2.24) is 5.32 Å². The van der Waals surface area contributed by atoms with Crippen molar-refractivity contribution in [2.45, 2.75) is 39.3 Å². The molecule has 1 rings (SSSR count). The summed E-state index contributed by atoms with van der Waals surface area (Å²) in [5, 5.41) is 11.7. The second kappa shape index (κ2) is 6.52. The molecule has 2 atom stereocenters. The quantitative estimate of drug-likeness (QED) is 0.754. The highest BCUT2D eigenvalue weighted by Crippen LogP contribution is 2.17. The molecule has 1 aromatic carbocycles. The molecule has 5 nitrogen and oxygen atoms in total. The average molecular weight is 278 g/mol. The molecule has 0 fully saturated rings. The number of carbonyl (C=O) groups excluding carboxylic acids is 1. The number of nitrogens with one attached hydrogen (secondary N) is 1. The standard InChI is InChI=1S/C15H22N2O3/c1-15(2,3)12(16)13(18)17-11(14(19)20)9-10-7-5-4-6-8-10/h4-8,11-12H,9,16H2,1-3H3,(H,17,18)(H,19,20)/t11-,12+/m0/s1. The second-order valence-corrected chi connectivity index (χ2v) is 5.93. The molecular formula is C15H22N2O3. The van der Waals surface area contributed by atoms with Crippen LogP contribution >= 0.6 is 0 Å². The maximum Gasteiger partial charge on any atom is 0.326 e. The van der Waals surface area contributed by atoms with Crippen molar-refractivity contribution in [3.63, 3.8) is 0 Å². The van der Waals surface area contributed by atoms with Crippen LogP contribution in [0, 0.1) is 5.41 Å². The van der Waals surface area contributed by atoms with Gasteiger partial charge >= 0.3 is 5.97 Å². The number of nitrogens with two attached hydrogens (primary N) is 1. The average Bonchev–Trinajstić information content (AvgIpc) is 2.37. The van der Waals surface area contributed by atoms with Crippen LogP contribution in [-0.2, 0) is 16.0 Å². The fraction of sp³-hybridized carbons (Fsp3) is 0.467. The maximum absolute atomic E-state index is 12.0. The van der Waals surface area contributed by atoms with E-state index in [2.05, 4.69) is 5.32 Å². The summed E-state index contributed by atoms with van der Waals surface area (Å²) in [7, 11) is 0. The first kappa shape index (κ1) is 16.2. The molecule has 4 N–H and O–H groups in total. The first-order chi connectivity index (χ1) is 9.21. The molecule has 1 amide bonds. The Hall–Kier alpha value is -1.88. The number of amides is 1. The molecule has 0 aromatic heterocycles. The molecular weight excluding hydrogens is 256 g/mol. The number of carboxylic acids is 1. The number of carbonyl (C=O) groups is 2. The van der Waals surface area contributed by atoms with Gasteiger partial charge in [-0.05, 0) is 11.0 Å². The minimum Gasteiger partial charge on any atom is -0.480 e. The Labute approximate surface area is 119 Å². The summed E-state index contributed by atoms with van der Waals surface area (Å²) in [6.45, 7) is 5.51. The van der Waals surface area contributed by atoms with E-state index in [1.54, 1.807) is 0 Å². The number of aliphatic carboxylic acids is 1. The number of carboxylic acid groups (broad SMARTS) is 1. The number of hydrogen-bond acceptors (Lipinski definition) is 3. The molecule has 0 unspecified atom stereocenters. The van der Waals surface area contributed by atoms with Crippen LogP contribution in [0.1, 0.15) is 26.3 Å². The SMILES string of the molecule is CC(C)(C)[C@H](N)C(=O)N[C@@H](Cc1ccccc1)C(=O)O. The van der Waals surface area contributed by atoms with E-state index in [1.165, 1.54) is 0 Å². The first-order valence-corrected chi connectivity index (χ1v) is 6.54. The second-order valence-electron chi connectivity index (χ2n) is 5.93. The van der Waals surface area contributed by atoms with Crippen molar-refractivity contribution in [2.75, 3.05) is 0 Å². The highest BCUT2D eigenvalue weighted by molar-refractivity contribution is 5.87. The van der Waals surface area contributed by atoms with E-state index in [0.29, 0.717) is 0 Å². The van der Waals surface area contributed by atoms with Gasteiger partial charge in [-0.1, -0.05) is 51.1 Å². The molecule has 0 heterocycles.